The first-order valence-electron chi connectivity index (χ1n) is 21.6. The third-order valence-corrected chi connectivity index (χ3v) is 12.9. The van der Waals surface area contributed by atoms with Gasteiger partial charge < -0.3 is 4.90 Å². The van der Waals surface area contributed by atoms with Crippen molar-refractivity contribution in [1.82, 2.24) is 0 Å². The molecule has 11 rings (SSSR count). The second-order valence-electron chi connectivity index (χ2n) is 16.8. The van der Waals surface area contributed by atoms with Crippen molar-refractivity contribution in [2.24, 2.45) is 0 Å². The summed E-state index contributed by atoms with van der Waals surface area (Å²) in [6.45, 7) is 4.71. The zero-order chi connectivity index (χ0) is 41.6. The molecule has 0 saturated heterocycles. The molecule has 10 aromatic carbocycles. The van der Waals surface area contributed by atoms with Gasteiger partial charge in [-0.25, -0.2) is 0 Å². The Hall–Kier alpha value is -7.74. The summed E-state index contributed by atoms with van der Waals surface area (Å²) in [5, 5.41) is 2.48. The summed E-state index contributed by atoms with van der Waals surface area (Å²) >= 11 is 0. The molecule has 0 fully saturated rings. The molecule has 0 amide bonds. The van der Waals surface area contributed by atoms with Crippen molar-refractivity contribution in [3.05, 3.63) is 248 Å². The monoisotopic (exact) mass is 791 g/mol. The maximum atomic E-state index is 2.47. The Balaban J connectivity index is 1.15. The van der Waals surface area contributed by atoms with Crippen molar-refractivity contribution < 1.29 is 0 Å². The van der Waals surface area contributed by atoms with Gasteiger partial charge in [0, 0.05) is 22.4 Å². The molecule has 0 atom stereocenters. The van der Waals surface area contributed by atoms with Crippen LogP contribution in [-0.4, -0.2) is 0 Å². The van der Waals surface area contributed by atoms with Gasteiger partial charge in [0.2, 0.25) is 0 Å². The third-order valence-electron chi connectivity index (χ3n) is 12.9. The van der Waals surface area contributed by atoms with Crippen LogP contribution in [0.4, 0.5) is 17.1 Å². The van der Waals surface area contributed by atoms with Gasteiger partial charge in [-0.3, -0.25) is 0 Å². The molecule has 294 valence electrons. The van der Waals surface area contributed by atoms with E-state index in [1.807, 2.05) is 0 Å². The Labute approximate surface area is 364 Å². The molecule has 62 heavy (non-hydrogen) atoms. The average molecular weight is 792 g/mol. The van der Waals surface area contributed by atoms with Crippen LogP contribution in [0.1, 0.15) is 25.0 Å². The van der Waals surface area contributed by atoms with Crippen molar-refractivity contribution in [3.63, 3.8) is 0 Å². The van der Waals surface area contributed by atoms with Crippen molar-refractivity contribution >= 4 is 27.8 Å². The summed E-state index contributed by atoms with van der Waals surface area (Å²) in [4.78, 5) is 2.47. The fraction of sp³-hybridized carbons (Fsp3) is 0.0492. The van der Waals surface area contributed by atoms with Crippen LogP contribution in [0.5, 0.6) is 0 Å². The minimum Gasteiger partial charge on any atom is -0.310 e. The molecule has 0 N–H and O–H groups in total. The van der Waals surface area contributed by atoms with Gasteiger partial charge in [0.15, 0.2) is 0 Å². The molecule has 1 heteroatoms. The zero-order valence-corrected chi connectivity index (χ0v) is 35.0. The molecule has 0 radical (unpaired) electrons. The van der Waals surface area contributed by atoms with Gasteiger partial charge in [-0.05, 0) is 113 Å². The van der Waals surface area contributed by atoms with Crippen molar-refractivity contribution in [1.29, 1.82) is 0 Å². The number of hydrogen-bond acceptors (Lipinski definition) is 1. The zero-order valence-electron chi connectivity index (χ0n) is 35.0. The Morgan fingerprint density at radius 2 is 0.806 bits per heavy atom. The summed E-state index contributed by atoms with van der Waals surface area (Å²) in [6.07, 6.45) is 0. The summed E-state index contributed by atoms with van der Waals surface area (Å²) in [5.41, 5.74) is 20.6. The van der Waals surface area contributed by atoms with E-state index in [9.17, 15) is 0 Å². The van der Waals surface area contributed by atoms with Crippen molar-refractivity contribution in [2.75, 3.05) is 4.90 Å². The number of benzene rings is 10. The van der Waals surface area contributed by atoms with Gasteiger partial charge in [0.05, 0.1) is 5.69 Å². The first-order chi connectivity index (χ1) is 30.5. The highest BCUT2D eigenvalue weighted by Crippen LogP contribution is 2.53. The van der Waals surface area contributed by atoms with Gasteiger partial charge in [-0.15, -0.1) is 0 Å². The van der Waals surface area contributed by atoms with Crippen LogP contribution >= 0.6 is 0 Å². The molecule has 0 heterocycles. The minimum absolute atomic E-state index is 0.0655. The highest BCUT2D eigenvalue weighted by atomic mass is 15.1. The molecule has 1 aliphatic rings. The van der Waals surface area contributed by atoms with Gasteiger partial charge in [0.1, 0.15) is 0 Å². The topological polar surface area (TPSA) is 3.24 Å². The number of anilines is 3. The van der Waals surface area contributed by atoms with Gasteiger partial charge in [-0.1, -0.05) is 220 Å². The lowest BCUT2D eigenvalue weighted by atomic mass is 9.82. The normalized spacial score (nSPS) is 12.5. The quantitative estimate of drug-likeness (QED) is 0.148. The Morgan fingerprint density at radius 3 is 1.58 bits per heavy atom. The van der Waals surface area contributed by atoms with Crippen LogP contribution in [0.2, 0.25) is 0 Å². The molecule has 10 aromatic rings. The lowest BCUT2D eigenvalue weighted by Crippen LogP contribution is -2.14. The van der Waals surface area contributed by atoms with E-state index in [4.69, 9.17) is 0 Å². The van der Waals surface area contributed by atoms with Crippen LogP contribution in [0.25, 0.3) is 77.5 Å². The highest BCUT2D eigenvalue weighted by Gasteiger charge is 2.36. The van der Waals surface area contributed by atoms with Gasteiger partial charge >= 0.3 is 0 Å². The van der Waals surface area contributed by atoms with E-state index in [1.165, 1.54) is 88.7 Å². The Bertz CT molecular complexity index is 3240. The smallest absolute Gasteiger partial charge is 0.0546 e. The number of rotatable bonds is 8. The summed E-state index contributed by atoms with van der Waals surface area (Å²) in [7, 11) is 0. The average Bonchev–Trinajstić information content (AvgIpc) is 3.58. The van der Waals surface area contributed by atoms with Crippen LogP contribution in [0.15, 0.2) is 237 Å². The maximum absolute atomic E-state index is 2.47. The predicted molar refractivity (Wildman–Crippen MR) is 263 cm³/mol. The largest absolute Gasteiger partial charge is 0.310 e. The van der Waals surface area contributed by atoms with E-state index in [2.05, 4.69) is 255 Å². The highest BCUT2D eigenvalue weighted by molar-refractivity contribution is 6.02. The first-order valence-corrected chi connectivity index (χ1v) is 21.6. The Kier molecular flexibility index (Phi) is 9.24. The molecule has 0 bridgehead atoms. The van der Waals surface area contributed by atoms with E-state index in [0.29, 0.717) is 0 Å². The molecule has 0 spiro atoms. The lowest BCUT2D eigenvalue weighted by molar-refractivity contribution is 0.660. The summed E-state index contributed by atoms with van der Waals surface area (Å²) < 4.78 is 0. The van der Waals surface area contributed by atoms with E-state index >= 15 is 0 Å². The number of hydrogen-bond donors (Lipinski definition) is 0. The predicted octanol–water partition coefficient (Wildman–Crippen LogP) is 17.0. The summed E-state index contributed by atoms with van der Waals surface area (Å²) in [5.74, 6) is 0. The number of nitrogens with zero attached hydrogens (tertiary/aromatic N) is 1. The minimum atomic E-state index is -0.0655. The molecule has 0 aliphatic heterocycles. The maximum Gasteiger partial charge on any atom is 0.0546 e. The summed E-state index contributed by atoms with van der Waals surface area (Å²) in [6, 6.07) is 86.7. The molecule has 1 nitrogen and oxygen atoms in total. The van der Waals surface area contributed by atoms with Crippen LogP contribution in [-0.2, 0) is 5.41 Å². The van der Waals surface area contributed by atoms with Crippen molar-refractivity contribution in [3.8, 4) is 66.8 Å². The van der Waals surface area contributed by atoms with Gasteiger partial charge in [0.25, 0.3) is 0 Å². The molecular formula is C61H45N. The fourth-order valence-electron chi connectivity index (χ4n) is 9.94. The molecule has 0 unspecified atom stereocenters. The number of fused-ring (bicyclic) bond motifs is 4. The molecule has 1 aliphatic carbocycles. The third kappa shape index (κ3) is 6.33. The van der Waals surface area contributed by atoms with E-state index < -0.39 is 0 Å². The van der Waals surface area contributed by atoms with Crippen LogP contribution < -0.4 is 4.90 Å². The van der Waals surface area contributed by atoms with E-state index in [0.717, 1.165) is 17.1 Å². The first kappa shape index (κ1) is 37.3. The fourth-order valence-corrected chi connectivity index (χ4v) is 9.94. The molecule has 0 aromatic heterocycles. The second-order valence-corrected chi connectivity index (χ2v) is 16.8. The van der Waals surface area contributed by atoms with E-state index in [1.54, 1.807) is 0 Å². The van der Waals surface area contributed by atoms with Crippen LogP contribution in [0, 0.1) is 0 Å². The molecular weight excluding hydrogens is 747 g/mol. The second kappa shape index (κ2) is 15.4. The van der Waals surface area contributed by atoms with E-state index in [-0.39, 0.29) is 5.41 Å². The Morgan fingerprint density at radius 1 is 0.306 bits per heavy atom. The van der Waals surface area contributed by atoms with Gasteiger partial charge in [-0.2, -0.15) is 0 Å². The van der Waals surface area contributed by atoms with Crippen molar-refractivity contribution in [2.45, 2.75) is 19.3 Å². The van der Waals surface area contributed by atoms with Crippen LogP contribution in [0.3, 0.4) is 0 Å². The SMILES string of the molecule is CC1(C)c2ccccc2-c2c(-c3ccc(N(c4cccc(-c5cccc6ccccc56)c4)c4cccc(-c5ccccc5)c4-c4ccccc4-c4ccccc4)cc3)cccc21. The standard InChI is InChI=1S/C61H45N/c1-61(2)56-34-14-13-30-55(56)59-52(32-17-35-57(59)61)45-37-39-47(40-38-45)62(48-26-15-25-46(41-48)51-31-16-24-43-23-9-10-27-49(43)51)58-36-18-33-53(44-21-7-4-8-22-44)60(58)54-29-12-11-28-50(54)42-19-5-3-6-20-42/h3-41H,1-2H3. The molecule has 0 saturated carbocycles. The lowest BCUT2D eigenvalue weighted by Gasteiger charge is -2.30.